The molecule has 0 spiro atoms. The second-order valence-electron chi connectivity index (χ2n) is 6.34. The molecule has 1 aromatic heterocycles. The maximum Gasteiger partial charge on any atom is 0.315 e. The first-order valence-corrected chi connectivity index (χ1v) is 8.85. The standard InChI is InChI=1S/C21H24N4O2/c1-27-15-18-7-5-17(6-8-18)12-23-21(26)24-13-19-3-2-4-20(11-19)14-25-10-9-22-16-25/h2-11,16H,12-15H2,1H3,(H2,23,24,26). The lowest BCUT2D eigenvalue weighted by atomic mass is 10.1. The van der Waals surface area contributed by atoms with E-state index in [9.17, 15) is 4.79 Å². The van der Waals surface area contributed by atoms with Crippen molar-refractivity contribution in [3.05, 3.63) is 89.5 Å². The predicted molar refractivity (Wildman–Crippen MR) is 104 cm³/mol. The van der Waals surface area contributed by atoms with Gasteiger partial charge in [0.2, 0.25) is 0 Å². The van der Waals surface area contributed by atoms with Gasteiger partial charge in [0.05, 0.1) is 12.9 Å². The fourth-order valence-electron chi connectivity index (χ4n) is 2.78. The largest absolute Gasteiger partial charge is 0.380 e. The summed E-state index contributed by atoms with van der Waals surface area (Å²) >= 11 is 0. The molecule has 2 amide bonds. The Morgan fingerprint density at radius 2 is 1.70 bits per heavy atom. The third-order valence-corrected chi connectivity index (χ3v) is 4.16. The van der Waals surface area contributed by atoms with Crippen LogP contribution in [0, 0.1) is 0 Å². The lowest BCUT2D eigenvalue weighted by Gasteiger charge is -2.10. The van der Waals surface area contributed by atoms with Gasteiger partial charge in [0, 0.05) is 39.1 Å². The monoisotopic (exact) mass is 364 g/mol. The van der Waals surface area contributed by atoms with Crippen molar-refractivity contribution >= 4 is 6.03 Å². The van der Waals surface area contributed by atoms with E-state index in [0.29, 0.717) is 19.7 Å². The molecule has 0 aliphatic heterocycles. The Morgan fingerprint density at radius 1 is 1.00 bits per heavy atom. The average Bonchev–Trinajstić information content (AvgIpc) is 3.19. The molecular formula is C21H24N4O2. The highest BCUT2D eigenvalue weighted by Gasteiger charge is 2.03. The van der Waals surface area contributed by atoms with E-state index in [1.165, 1.54) is 5.56 Å². The van der Waals surface area contributed by atoms with E-state index < -0.39 is 0 Å². The number of amides is 2. The fraction of sp³-hybridized carbons (Fsp3) is 0.238. The molecule has 0 aliphatic rings. The summed E-state index contributed by atoms with van der Waals surface area (Å²) in [5, 5.41) is 5.78. The number of aromatic nitrogens is 2. The zero-order valence-corrected chi connectivity index (χ0v) is 15.4. The first-order chi connectivity index (χ1) is 13.2. The number of hydrogen-bond acceptors (Lipinski definition) is 3. The van der Waals surface area contributed by atoms with Gasteiger partial charge in [0.1, 0.15) is 0 Å². The third-order valence-electron chi connectivity index (χ3n) is 4.16. The van der Waals surface area contributed by atoms with E-state index in [0.717, 1.165) is 23.2 Å². The Balaban J connectivity index is 1.44. The van der Waals surface area contributed by atoms with Gasteiger partial charge < -0.3 is 19.9 Å². The number of carbonyl (C=O) groups excluding carboxylic acids is 1. The minimum atomic E-state index is -0.184. The molecule has 0 bridgehead atoms. The molecule has 0 radical (unpaired) electrons. The van der Waals surface area contributed by atoms with Gasteiger partial charge in [0.25, 0.3) is 0 Å². The van der Waals surface area contributed by atoms with Crippen LogP contribution in [0.15, 0.2) is 67.3 Å². The van der Waals surface area contributed by atoms with Crippen LogP contribution in [0.3, 0.4) is 0 Å². The second kappa shape index (κ2) is 9.54. The Bertz CT molecular complexity index is 845. The molecule has 2 N–H and O–H groups in total. The van der Waals surface area contributed by atoms with Crippen LogP contribution >= 0.6 is 0 Å². The van der Waals surface area contributed by atoms with Gasteiger partial charge >= 0.3 is 6.03 Å². The summed E-state index contributed by atoms with van der Waals surface area (Å²) in [5.74, 6) is 0. The molecule has 27 heavy (non-hydrogen) atoms. The Labute approximate surface area is 159 Å². The van der Waals surface area contributed by atoms with Crippen LogP contribution < -0.4 is 10.6 Å². The molecule has 1 heterocycles. The van der Waals surface area contributed by atoms with E-state index in [1.807, 2.05) is 47.2 Å². The van der Waals surface area contributed by atoms with Crippen LogP contribution in [0.4, 0.5) is 4.79 Å². The molecule has 0 unspecified atom stereocenters. The van der Waals surface area contributed by atoms with Crippen LogP contribution in [0.2, 0.25) is 0 Å². The summed E-state index contributed by atoms with van der Waals surface area (Å²) in [6.45, 7) is 2.32. The minimum Gasteiger partial charge on any atom is -0.380 e. The van der Waals surface area contributed by atoms with E-state index in [2.05, 4.69) is 27.8 Å². The fourth-order valence-corrected chi connectivity index (χ4v) is 2.78. The number of imidazole rings is 1. The van der Waals surface area contributed by atoms with E-state index >= 15 is 0 Å². The molecule has 3 rings (SSSR count). The van der Waals surface area contributed by atoms with Gasteiger partial charge in [-0.3, -0.25) is 0 Å². The molecule has 0 saturated heterocycles. The first kappa shape index (κ1) is 18.7. The van der Waals surface area contributed by atoms with E-state index in [4.69, 9.17) is 4.74 Å². The summed E-state index contributed by atoms with van der Waals surface area (Å²) in [6, 6.07) is 16.0. The zero-order valence-electron chi connectivity index (χ0n) is 15.4. The molecule has 2 aromatic carbocycles. The topological polar surface area (TPSA) is 68.2 Å². The van der Waals surface area contributed by atoms with Crippen molar-refractivity contribution in [2.75, 3.05) is 7.11 Å². The van der Waals surface area contributed by atoms with Gasteiger partial charge in [-0.1, -0.05) is 48.5 Å². The van der Waals surface area contributed by atoms with Crippen LogP contribution in [0.5, 0.6) is 0 Å². The molecule has 0 fully saturated rings. The highest BCUT2D eigenvalue weighted by molar-refractivity contribution is 5.73. The summed E-state index contributed by atoms with van der Waals surface area (Å²) in [4.78, 5) is 16.1. The second-order valence-corrected chi connectivity index (χ2v) is 6.34. The van der Waals surface area contributed by atoms with Crippen molar-refractivity contribution in [1.29, 1.82) is 0 Å². The number of methoxy groups -OCH3 is 1. The molecule has 6 nitrogen and oxygen atoms in total. The maximum atomic E-state index is 12.0. The molecule has 3 aromatic rings. The lowest BCUT2D eigenvalue weighted by molar-refractivity contribution is 0.185. The van der Waals surface area contributed by atoms with Crippen LogP contribution in [0.1, 0.15) is 22.3 Å². The lowest BCUT2D eigenvalue weighted by Crippen LogP contribution is -2.34. The number of nitrogens with one attached hydrogen (secondary N) is 2. The van der Waals surface area contributed by atoms with Crippen LogP contribution in [-0.2, 0) is 31.0 Å². The molecular weight excluding hydrogens is 340 g/mol. The minimum absolute atomic E-state index is 0.184. The molecule has 0 saturated carbocycles. The highest BCUT2D eigenvalue weighted by atomic mass is 16.5. The van der Waals surface area contributed by atoms with Crippen molar-refractivity contribution in [2.24, 2.45) is 0 Å². The van der Waals surface area contributed by atoms with Gasteiger partial charge in [0.15, 0.2) is 0 Å². The van der Waals surface area contributed by atoms with Gasteiger partial charge in [-0.05, 0) is 22.3 Å². The Kier molecular flexibility index (Phi) is 6.60. The third kappa shape index (κ3) is 5.97. The van der Waals surface area contributed by atoms with Crippen molar-refractivity contribution in [3.8, 4) is 0 Å². The normalized spacial score (nSPS) is 10.6. The van der Waals surface area contributed by atoms with Gasteiger partial charge in [-0.25, -0.2) is 9.78 Å². The SMILES string of the molecule is COCc1ccc(CNC(=O)NCc2cccc(Cn3ccnc3)c2)cc1. The number of rotatable bonds is 8. The molecule has 0 atom stereocenters. The van der Waals surface area contributed by atoms with Crippen LogP contribution in [-0.4, -0.2) is 22.7 Å². The first-order valence-electron chi connectivity index (χ1n) is 8.85. The average molecular weight is 364 g/mol. The molecule has 0 aliphatic carbocycles. The maximum absolute atomic E-state index is 12.0. The summed E-state index contributed by atoms with van der Waals surface area (Å²) in [5.41, 5.74) is 4.39. The summed E-state index contributed by atoms with van der Waals surface area (Å²) < 4.78 is 7.10. The number of carbonyl (C=O) groups is 1. The predicted octanol–water partition coefficient (Wildman–Crippen LogP) is 3.08. The summed E-state index contributed by atoms with van der Waals surface area (Å²) in [7, 11) is 1.67. The molecule has 6 heteroatoms. The van der Waals surface area contributed by atoms with Crippen molar-refractivity contribution in [3.63, 3.8) is 0 Å². The zero-order chi connectivity index (χ0) is 18.9. The number of ether oxygens (including phenoxy) is 1. The van der Waals surface area contributed by atoms with Crippen molar-refractivity contribution < 1.29 is 9.53 Å². The van der Waals surface area contributed by atoms with Crippen molar-refractivity contribution in [1.82, 2.24) is 20.2 Å². The Hall–Kier alpha value is -3.12. The van der Waals surface area contributed by atoms with Crippen LogP contribution in [0.25, 0.3) is 0 Å². The summed E-state index contributed by atoms with van der Waals surface area (Å²) in [6.07, 6.45) is 5.49. The Morgan fingerprint density at radius 3 is 2.41 bits per heavy atom. The molecule has 140 valence electrons. The number of benzene rings is 2. The van der Waals surface area contributed by atoms with E-state index in [-0.39, 0.29) is 6.03 Å². The van der Waals surface area contributed by atoms with E-state index in [1.54, 1.807) is 19.6 Å². The number of nitrogens with zero attached hydrogens (tertiary/aromatic N) is 2. The highest BCUT2D eigenvalue weighted by Crippen LogP contribution is 2.08. The quantitative estimate of drug-likeness (QED) is 0.645. The van der Waals surface area contributed by atoms with Crippen molar-refractivity contribution in [2.45, 2.75) is 26.2 Å². The van der Waals surface area contributed by atoms with Gasteiger partial charge in [-0.15, -0.1) is 0 Å². The number of hydrogen-bond donors (Lipinski definition) is 2. The smallest absolute Gasteiger partial charge is 0.315 e. The number of urea groups is 1. The van der Waals surface area contributed by atoms with Gasteiger partial charge in [-0.2, -0.15) is 0 Å².